The molecular formula is C16H16N4O2. The Morgan fingerprint density at radius 3 is 2.68 bits per heavy atom. The van der Waals surface area contributed by atoms with Crippen molar-refractivity contribution in [2.45, 2.75) is 13.3 Å². The summed E-state index contributed by atoms with van der Waals surface area (Å²) < 4.78 is 6.89. The van der Waals surface area contributed by atoms with Gasteiger partial charge in [0.1, 0.15) is 5.75 Å². The number of amides is 1. The van der Waals surface area contributed by atoms with Crippen molar-refractivity contribution in [1.82, 2.24) is 14.6 Å². The molecule has 3 rings (SSSR count). The fraction of sp³-hybridized carbons (Fsp3) is 0.188. The van der Waals surface area contributed by atoms with Gasteiger partial charge in [-0.25, -0.2) is 4.52 Å². The van der Waals surface area contributed by atoms with Gasteiger partial charge in [0.15, 0.2) is 5.65 Å². The van der Waals surface area contributed by atoms with Crippen molar-refractivity contribution in [2.75, 3.05) is 12.4 Å². The van der Waals surface area contributed by atoms with Gasteiger partial charge in [0, 0.05) is 12.0 Å². The molecule has 0 aliphatic heterocycles. The first-order valence-electron chi connectivity index (χ1n) is 7.01. The van der Waals surface area contributed by atoms with Crippen LogP contribution in [0.2, 0.25) is 0 Å². The van der Waals surface area contributed by atoms with Crippen LogP contribution in [-0.2, 0) is 4.79 Å². The minimum atomic E-state index is -0.109. The molecule has 0 saturated heterocycles. The van der Waals surface area contributed by atoms with E-state index < -0.39 is 0 Å². The maximum Gasteiger partial charge on any atom is 0.249 e. The maximum absolute atomic E-state index is 11.5. The number of hydrogen-bond acceptors (Lipinski definition) is 4. The summed E-state index contributed by atoms with van der Waals surface area (Å²) in [5.41, 5.74) is 2.56. The molecule has 3 aromatic rings. The second-order valence-corrected chi connectivity index (χ2v) is 4.75. The summed E-state index contributed by atoms with van der Waals surface area (Å²) in [6.07, 6.45) is 0.390. The normalized spacial score (nSPS) is 10.6. The van der Waals surface area contributed by atoms with Crippen LogP contribution in [0, 0.1) is 0 Å². The van der Waals surface area contributed by atoms with Gasteiger partial charge in [-0.2, -0.15) is 4.98 Å². The lowest BCUT2D eigenvalue weighted by atomic mass is 10.1. The van der Waals surface area contributed by atoms with Gasteiger partial charge in [-0.3, -0.25) is 10.1 Å². The summed E-state index contributed by atoms with van der Waals surface area (Å²) >= 11 is 0. The highest BCUT2D eigenvalue weighted by atomic mass is 16.5. The number of anilines is 1. The van der Waals surface area contributed by atoms with Gasteiger partial charge in [-0.1, -0.05) is 13.0 Å². The number of nitrogens with one attached hydrogen (secondary N) is 1. The quantitative estimate of drug-likeness (QED) is 0.803. The molecule has 0 aliphatic carbocycles. The average Bonchev–Trinajstić information content (AvgIpc) is 2.97. The van der Waals surface area contributed by atoms with Gasteiger partial charge in [0.25, 0.3) is 0 Å². The number of fused-ring (bicyclic) bond motifs is 1. The van der Waals surface area contributed by atoms with E-state index in [9.17, 15) is 4.79 Å². The van der Waals surface area contributed by atoms with E-state index in [1.165, 1.54) is 0 Å². The topological polar surface area (TPSA) is 68.5 Å². The zero-order valence-corrected chi connectivity index (χ0v) is 12.4. The monoisotopic (exact) mass is 296 g/mol. The molecular weight excluding hydrogens is 280 g/mol. The molecule has 0 unspecified atom stereocenters. The van der Waals surface area contributed by atoms with Gasteiger partial charge in [-0.15, -0.1) is 5.10 Å². The lowest BCUT2D eigenvalue weighted by Gasteiger charge is -2.05. The molecule has 0 bridgehead atoms. The predicted octanol–water partition coefficient (Wildman–Crippen LogP) is 2.75. The molecule has 0 radical (unpaired) electrons. The molecule has 0 aliphatic rings. The van der Waals surface area contributed by atoms with Crippen LogP contribution in [0.15, 0.2) is 42.5 Å². The number of methoxy groups -OCH3 is 1. The largest absolute Gasteiger partial charge is 0.497 e. The number of pyridine rings is 1. The summed E-state index contributed by atoms with van der Waals surface area (Å²) in [5, 5.41) is 7.04. The van der Waals surface area contributed by atoms with Crippen molar-refractivity contribution in [1.29, 1.82) is 0 Å². The van der Waals surface area contributed by atoms with Gasteiger partial charge >= 0.3 is 0 Å². The number of hydrogen-bond donors (Lipinski definition) is 1. The standard InChI is InChI=1S/C16H16N4O2/c1-3-15(21)18-16-17-14-6-4-5-13(20(14)19-16)11-7-9-12(22-2)10-8-11/h4-10H,3H2,1-2H3,(H,18,19,21). The first kappa shape index (κ1) is 14.1. The van der Waals surface area contributed by atoms with E-state index >= 15 is 0 Å². The van der Waals surface area contributed by atoms with Crippen molar-refractivity contribution < 1.29 is 9.53 Å². The Labute approximate surface area is 127 Å². The van der Waals surface area contributed by atoms with E-state index in [0.717, 1.165) is 17.0 Å². The van der Waals surface area contributed by atoms with E-state index in [2.05, 4.69) is 15.4 Å². The SMILES string of the molecule is CCC(=O)Nc1nc2cccc(-c3ccc(OC)cc3)n2n1. The molecule has 6 nitrogen and oxygen atoms in total. The second kappa shape index (κ2) is 5.85. The Morgan fingerprint density at radius 1 is 1.23 bits per heavy atom. The smallest absolute Gasteiger partial charge is 0.249 e. The van der Waals surface area contributed by atoms with Gasteiger partial charge in [0.2, 0.25) is 11.9 Å². The summed E-state index contributed by atoms with van der Waals surface area (Å²) in [7, 11) is 1.63. The Morgan fingerprint density at radius 2 is 2.00 bits per heavy atom. The number of aromatic nitrogens is 3. The number of carbonyl (C=O) groups excluding carboxylic acids is 1. The zero-order valence-electron chi connectivity index (χ0n) is 12.4. The molecule has 0 spiro atoms. The number of nitrogens with zero attached hydrogens (tertiary/aromatic N) is 3. The second-order valence-electron chi connectivity index (χ2n) is 4.75. The highest BCUT2D eigenvalue weighted by Crippen LogP contribution is 2.23. The fourth-order valence-electron chi connectivity index (χ4n) is 2.15. The van der Waals surface area contributed by atoms with Crippen molar-refractivity contribution >= 4 is 17.5 Å². The number of ether oxygens (including phenoxy) is 1. The summed E-state index contributed by atoms with van der Waals surface area (Å²) in [6.45, 7) is 1.79. The van der Waals surface area contributed by atoms with Crippen molar-refractivity contribution in [3.63, 3.8) is 0 Å². The van der Waals surface area contributed by atoms with E-state index in [1.807, 2.05) is 42.5 Å². The van der Waals surface area contributed by atoms with Crippen LogP contribution >= 0.6 is 0 Å². The molecule has 2 aromatic heterocycles. The lowest BCUT2D eigenvalue weighted by molar-refractivity contribution is -0.115. The van der Waals surface area contributed by atoms with Crippen LogP contribution in [0.5, 0.6) is 5.75 Å². The highest BCUT2D eigenvalue weighted by molar-refractivity contribution is 5.88. The number of rotatable bonds is 4. The molecule has 0 atom stereocenters. The van der Waals surface area contributed by atoms with Crippen molar-refractivity contribution in [3.8, 4) is 17.0 Å². The third kappa shape index (κ3) is 2.63. The van der Waals surface area contributed by atoms with E-state index in [4.69, 9.17) is 4.74 Å². The van der Waals surface area contributed by atoms with Crippen LogP contribution in [0.3, 0.4) is 0 Å². The van der Waals surface area contributed by atoms with Crippen LogP contribution in [0.1, 0.15) is 13.3 Å². The third-order valence-electron chi connectivity index (χ3n) is 3.32. The van der Waals surface area contributed by atoms with Crippen LogP contribution in [0.25, 0.3) is 16.9 Å². The van der Waals surface area contributed by atoms with E-state index in [1.54, 1.807) is 18.5 Å². The molecule has 2 heterocycles. The molecule has 112 valence electrons. The Bertz CT molecular complexity index is 809. The number of carbonyl (C=O) groups is 1. The molecule has 0 fully saturated rings. The first-order valence-corrected chi connectivity index (χ1v) is 7.01. The first-order chi connectivity index (χ1) is 10.7. The molecule has 0 saturated carbocycles. The van der Waals surface area contributed by atoms with E-state index in [-0.39, 0.29) is 5.91 Å². The Kier molecular flexibility index (Phi) is 3.74. The van der Waals surface area contributed by atoms with Crippen LogP contribution in [0.4, 0.5) is 5.95 Å². The van der Waals surface area contributed by atoms with Crippen molar-refractivity contribution in [3.05, 3.63) is 42.5 Å². The highest BCUT2D eigenvalue weighted by Gasteiger charge is 2.10. The van der Waals surface area contributed by atoms with Crippen LogP contribution in [-0.4, -0.2) is 27.6 Å². The molecule has 1 N–H and O–H groups in total. The lowest BCUT2D eigenvalue weighted by Crippen LogP contribution is -2.10. The Balaban J connectivity index is 2.03. The predicted molar refractivity (Wildman–Crippen MR) is 83.9 cm³/mol. The van der Waals surface area contributed by atoms with Gasteiger partial charge in [-0.05, 0) is 36.4 Å². The summed E-state index contributed by atoms with van der Waals surface area (Å²) in [6, 6.07) is 13.4. The number of benzene rings is 1. The average molecular weight is 296 g/mol. The molecule has 1 amide bonds. The third-order valence-corrected chi connectivity index (χ3v) is 3.32. The minimum absolute atomic E-state index is 0.109. The van der Waals surface area contributed by atoms with Crippen LogP contribution < -0.4 is 10.1 Å². The Hall–Kier alpha value is -2.89. The van der Waals surface area contributed by atoms with Crippen molar-refractivity contribution in [2.24, 2.45) is 0 Å². The van der Waals surface area contributed by atoms with Gasteiger partial charge < -0.3 is 4.74 Å². The molecule has 1 aromatic carbocycles. The van der Waals surface area contributed by atoms with Gasteiger partial charge in [0.05, 0.1) is 12.8 Å². The summed E-state index contributed by atoms with van der Waals surface area (Å²) in [4.78, 5) is 15.8. The van der Waals surface area contributed by atoms with E-state index in [0.29, 0.717) is 18.0 Å². The minimum Gasteiger partial charge on any atom is -0.497 e. The fourth-order valence-corrected chi connectivity index (χ4v) is 2.15. The summed E-state index contributed by atoms with van der Waals surface area (Å²) in [5.74, 6) is 1.00. The maximum atomic E-state index is 11.5. The molecule has 22 heavy (non-hydrogen) atoms. The molecule has 6 heteroatoms. The zero-order chi connectivity index (χ0) is 15.5.